The van der Waals surface area contributed by atoms with Crippen LogP contribution in [0, 0.1) is 0 Å². The molecule has 27 heavy (non-hydrogen) atoms. The first-order valence-electron chi connectivity index (χ1n) is 9.33. The molecule has 2 aromatic rings. The van der Waals surface area contributed by atoms with Crippen LogP contribution in [0.5, 0.6) is 0 Å². The number of alkyl halides is 1. The van der Waals surface area contributed by atoms with Gasteiger partial charge in [0.05, 0.1) is 6.54 Å². The van der Waals surface area contributed by atoms with E-state index >= 15 is 0 Å². The van der Waals surface area contributed by atoms with E-state index in [2.05, 4.69) is 15.5 Å². The number of likely N-dealkylation sites (tertiary alicyclic amines) is 1. The lowest BCUT2D eigenvalue weighted by atomic mass is 10.0. The van der Waals surface area contributed by atoms with Crippen molar-refractivity contribution in [3.05, 3.63) is 47.5 Å². The zero-order valence-corrected chi connectivity index (χ0v) is 15.0. The molecule has 0 spiro atoms. The first kappa shape index (κ1) is 17.6. The van der Waals surface area contributed by atoms with Crippen LogP contribution in [-0.4, -0.2) is 56.8 Å². The van der Waals surface area contributed by atoms with Gasteiger partial charge in [-0.25, -0.2) is 4.39 Å². The van der Waals surface area contributed by atoms with Crippen LogP contribution in [0.1, 0.15) is 46.1 Å². The number of hydrogen-bond acceptors (Lipinski definition) is 4. The molecule has 0 unspecified atom stereocenters. The first-order valence-corrected chi connectivity index (χ1v) is 9.33. The fourth-order valence-corrected chi connectivity index (χ4v) is 3.80. The number of nitrogens with zero attached hydrogens (tertiary/aromatic N) is 4. The quantitative estimate of drug-likeness (QED) is 0.889. The zero-order valence-electron chi connectivity index (χ0n) is 15.0. The summed E-state index contributed by atoms with van der Waals surface area (Å²) in [6.45, 7) is 1.04. The summed E-state index contributed by atoms with van der Waals surface area (Å²) >= 11 is 0. The van der Waals surface area contributed by atoms with Crippen LogP contribution in [0.15, 0.2) is 30.3 Å². The van der Waals surface area contributed by atoms with Crippen molar-refractivity contribution in [2.24, 2.45) is 0 Å². The number of benzene rings is 1. The third-order valence-electron chi connectivity index (χ3n) is 5.11. The summed E-state index contributed by atoms with van der Waals surface area (Å²) < 4.78 is 16.1. The van der Waals surface area contributed by atoms with E-state index < -0.39 is 12.2 Å². The van der Waals surface area contributed by atoms with E-state index in [-0.39, 0.29) is 37.1 Å². The number of rotatable bonds is 3. The van der Waals surface area contributed by atoms with Gasteiger partial charge in [0, 0.05) is 37.5 Å². The third kappa shape index (κ3) is 3.70. The van der Waals surface area contributed by atoms with Crippen molar-refractivity contribution in [3.8, 4) is 0 Å². The van der Waals surface area contributed by atoms with E-state index in [9.17, 15) is 14.0 Å². The minimum absolute atomic E-state index is 0.0421. The first-order chi connectivity index (χ1) is 13.1. The molecule has 1 N–H and O–H groups in total. The van der Waals surface area contributed by atoms with Gasteiger partial charge in [-0.2, -0.15) is 0 Å². The third-order valence-corrected chi connectivity index (χ3v) is 5.11. The summed E-state index contributed by atoms with van der Waals surface area (Å²) in [5.74, 6) is 0.504. The molecular formula is C19H22FN5O2. The van der Waals surface area contributed by atoms with Crippen LogP contribution in [0.25, 0.3) is 0 Å². The van der Waals surface area contributed by atoms with E-state index in [1.165, 1.54) is 4.90 Å². The summed E-state index contributed by atoms with van der Waals surface area (Å²) in [6, 6.07) is 8.34. The van der Waals surface area contributed by atoms with E-state index in [1.807, 2.05) is 10.6 Å². The number of aryl methyl sites for hydroxylation is 1. The monoisotopic (exact) mass is 371 g/mol. The number of carbonyl (C=O) groups excluding carboxylic acids is 2. The van der Waals surface area contributed by atoms with E-state index in [0.29, 0.717) is 5.56 Å². The number of amides is 2. The van der Waals surface area contributed by atoms with Crippen molar-refractivity contribution < 1.29 is 14.0 Å². The average Bonchev–Trinajstić information content (AvgIpc) is 3.12. The minimum atomic E-state index is -1.18. The molecule has 0 saturated carbocycles. The van der Waals surface area contributed by atoms with E-state index in [1.54, 1.807) is 24.3 Å². The van der Waals surface area contributed by atoms with Crippen molar-refractivity contribution >= 4 is 11.8 Å². The van der Waals surface area contributed by atoms with Crippen molar-refractivity contribution in [3.63, 3.8) is 0 Å². The van der Waals surface area contributed by atoms with Gasteiger partial charge in [-0.1, -0.05) is 18.2 Å². The Kier molecular flexibility index (Phi) is 4.87. The van der Waals surface area contributed by atoms with E-state index in [4.69, 9.17) is 0 Å². The highest BCUT2D eigenvalue weighted by molar-refractivity contribution is 5.94. The predicted octanol–water partition coefficient (Wildman–Crippen LogP) is 1.60. The number of carbonyl (C=O) groups is 2. The SMILES string of the molecule is O=C(N[C@H]1C[C@@H](F)CN(C(=O)c2ccccc2)C1)c1nnc2n1CCCC2. The van der Waals surface area contributed by atoms with Crippen LogP contribution in [-0.2, 0) is 13.0 Å². The summed E-state index contributed by atoms with van der Waals surface area (Å²) in [4.78, 5) is 26.7. The molecule has 4 rings (SSSR count). The Balaban J connectivity index is 1.45. The molecule has 1 fully saturated rings. The number of nitrogens with one attached hydrogen (secondary N) is 1. The van der Waals surface area contributed by atoms with Gasteiger partial charge in [-0.05, 0) is 25.0 Å². The van der Waals surface area contributed by atoms with Crippen molar-refractivity contribution in [2.45, 2.75) is 44.4 Å². The van der Waals surface area contributed by atoms with Gasteiger partial charge in [0.2, 0.25) is 5.82 Å². The summed E-state index contributed by atoms with van der Waals surface area (Å²) in [6.07, 6.45) is 1.85. The van der Waals surface area contributed by atoms with Gasteiger partial charge in [-0.15, -0.1) is 10.2 Å². The highest BCUT2D eigenvalue weighted by atomic mass is 19.1. The lowest BCUT2D eigenvalue weighted by Gasteiger charge is -2.35. The highest BCUT2D eigenvalue weighted by Gasteiger charge is 2.32. The number of fused-ring (bicyclic) bond motifs is 1. The molecule has 2 aliphatic rings. The molecule has 1 aromatic carbocycles. The number of halogens is 1. The molecule has 8 heteroatoms. The normalized spacial score (nSPS) is 22.2. The standard InChI is InChI=1S/C19H22FN5O2/c20-14-10-15(12-24(11-14)19(27)13-6-2-1-3-7-13)21-18(26)17-23-22-16-8-4-5-9-25(16)17/h1-3,6-7,14-15H,4-5,8-12H2,(H,21,26)/t14-,15+/m1/s1. The van der Waals surface area contributed by atoms with Gasteiger partial charge in [-0.3, -0.25) is 9.59 Å². The second-order valence-corrected chi connectivity index (χ2v) is 7.13. The molecule has 1 saturated heterocycles. The highest BCUT2D eigenvalue weighted by Crippen LogP contribution is 2.18. The smallest absolute Gasteiger partial charge is 0.289 e. The molecule has 1 aromatic heterocycles. The van der Waals surface area contributed by atoms with Gasteiger partial charge in [0.1, 0.15) is 12.0 Å². The Hall–Kier alpha value is -2.77. The van der Waals surface area contributed by atoms with Gasteiger partial charge in [0.15, 0.2) is 0 Å². The summed E-state index contributed by atoms with van der Waals surface area (Å²) in [5, 5.41) is 10.9. The maximum absolute atomic E-state index is 14.2. The van der Waals surface area contributed by atoms with Crippen molar-refractivity contribution in [1.29, 1.82) is 0 Å². The van der Waals surface area contributed by atoms with E-state index in [0.717, 1.165) is 31.6 Å². The average molecular weight is 371 g/mol. The molecule has 0 aliphatic carbocycles. The van der Waals surface area contributed by atoms with Crippen molar-refractivity contribution in [1.82, 2.24) is 25.0 Å². The number of piperidine rings is 1. The molecular weight excluding hydrogens is 349 g/mol. The maximum atomic E-state index is 14.2. The maximum Gasteiger partial charge on any atom is 0.289 e. The minimum Gasteiger partial charge on any atom is -0.345 e. The largest absolute Gasteiger partial charge is 0.345 e. The Morgan fingerprint density at radius 1 is 1.11 bits per heavy atom. The lowest BCUT2D eigenvalue weighted by molar-refractivity contribution is 0.0560. The molecule has 0 bridgehead atoms. The van der Waals surface area contributed by atoms with Gasteiger partial charge >= 0.3 is 0 Å². The summed E-state index contributed by atoms with van der Waals surface area (Å²) in [7, 11) is 0. The van der Waals surface area contributed by atoms with Crippen LogP contribution < -0.4 is 5.32 Å². The Labute approximate surface area is 156 Å². The number of aromatic nitrogens is 3. The second kappa shape index (κ2) is 7.46. The van der Waals surface area contributed by atoms with Gasteiger partial charge < -0.3 is 14.8 Å². The Morgan fingerprint density at radius 3 is 2.74 bits per heavy atom. The fourth-order valence-electron chi connectivity index (χ4n) is 3.80. The molecule has 0 radical (unpaired) electrons. The van der Waals surface area contributed by atoms with Crippen LogP contribution >= 0.6 is 0 Å². The molecule has 3 heterocycles. The van der Waals surface area contributed by atoms with Gasteiger partial charge in [0.25, 0.3) is 11.8 Å². The van der Waals surface area contributed by atoms with Crippen LogP contribution in [0.3, 0.4) is 0 Å². The molecule has 142 valence electrons. The van der Waals surface area contributed by atoms with Crippen LogP contribution in [0.2, 0.25) is 0 Å². The molecule has 2 atom stereocenters. The number of hydrogen-bond donors (Lipinski definition) is 1. The summed E-state index contributed by atoms with van der Waals surface area (Å²) in [5.41, 5.74) is 0.517. The Morgan fingerprint density at radius 2 is 1.93 bits per heavy atom. The predicted molar refractivity (Wildman–Crippen MR) is 96.1 cm³/mol. The topological polar surface area (TPSA) is 80.1 Å². The van der Waals surface area contributed by atoms with Crippen LogP contribution in [0.4, 0.5) is 4.39 Å². The zero-order chi connectivity index (χ0) is 18.8. The second-order valence-electron chi connectivity index (χ2n) is 7.13. The molecule has 2 amide bonds. The Bertz CT molecular complexity index is 838. The fraction of sp³-hybridized carbons (Fsp3) is 0.474. The lowest BCUT2D eigenvalue weighted by Crippen LogP contribution is -2.53. The molecule has 7 nitrogen and oxygen atoms in total. The van der Waals surface area contributed by atoms with Crippen molar-refractivity contribution in [2.75, 3.05) is 13.1 Å². The molecule has 2 aliphatic heterocycles.